The van der Waals surface area contributed by atoms with Crippen molar-refractivity contribution < 1.29 is 9.53 Å². The van der Waals surface area contributed by atoms with Crippen LogP contribution in [0.3, 0.4) is 0 Å². The molecule has 0 unspecified atom stereocenters. The second-order valence-corrected chi connectivity index (χ2v) is 8.52. The first kappa shape index (κ1) is 23.0. The lowest BCUT2D eigenvalue weighted by Gasteiger charge is -2.20. The zero-order chi connectivity index (χ0) is 22.5. The Morgan fingerprint density at radius 3 is 2.58 bits per heavy atom. The number of ether oxygens (including phenoxy) is 1. The maximum Gasteiger partial charge on any atom is 0.263 e. The summed E-state index contributed by atoms with van der Waals surface area (Å²) in [6.07, 6.45) is 0. The minimum atomic E-state index is -0.291. The van der Waals surface area contributed by atoms with Crippen LogP contribution in [0.4, 0.5) is 5.69 Å². The van der Waals surface area contributed by atoms with E-state index in [9.17, 15) is 9.59 Å². The maximum atomic E-state index is 13.4. The molecular weight excluding hydrogens is 412 g/mol. The Kier molecular flexibility index (Phi) is 7.46. The van der Waals surface area contributed by atoms with E-state index in [1.165, 1.54) is 15.9 Å². The van der Waals surface area contributed by atoms with E-state index >= 15 is 0 Å². The van der Waals surface area contributed by atoms with Gasteiger partial charge in [-0.3, -0.25) is 19.1 Å². The third-order valence-corrected chi connectivity index (χ3v) is 6.49. The Hall–Kier alpha value is -2.71. The van der Waals surface area contributed by atoms with Gasteiger partial charge in [-0.05, 0) is 51.6 Å². The minimum absolute atomic E-state index is 0.104. The molecule has 1 N–H and O–H groups in total. The summed E-state index contributed by atoms with van der Waals surface area (Å²) in [6, 6.07) is 7.28. The fourth-order valence-electron chi connectivity index (χ4n) is 3.48. The second kappa shape index (κ2) is 10.1. The second-order valence-electron chi connectivity index (χ2n) is 7.32. The number of aromatic nitrogens is 2. The molecule has 3 aromatic rings. The Bertz CT molecular complexity index is 1130. The Balaban J connectivity index is 1.99. The van der Waals surface area contributed by atoms with E-state index in [0.717, 1.165) is 28.4 Å². The minimum Gasteiger partial charge on any atom is -0.492 e. The molecule has 2 heterocycles. The molecule has 0 aliphatic carbocycles. The molecule has 0 bridgehead atoms. The average molecular weight is 443 g/mol. The van der Waals surface area contributed by atoms with Gasteiger partial charge in [0.15, 0.2) is 0 Å². The number of aryl methyl sites for hydroxylation is 2. The van der Waals surface area contributed by atoms with E-state index in [1.54, 1.807) is 6.07 Å². The van der Waals surface area contributed by atoms with Crippen molar-refractivity contribution in [2.75, 3.05) is 25.0 Å². The van der Waals surface area contributed by atoms with Crippen molar-refractivity contribution in [1.29, 1.82) is 0 Å². The lowest BCUT2D eigenvalue weighted by Crippen LogP contribution is -2.34. The summed E-state index contributed by atoms with van der Waals surface area (Å²) in [7, 11) is 0. The number of fused-ring (bicyclic) bond motifs is 1. The van der Waals surface area contributed by atoms with Gasteiger partial charge < -0.3 is 10.1 Å². The van der Waals surface area contributed by atoms with Gasteiger partial charge in [0.25, 0.3) is 5.56 Å². The highest BCUT2D eigenvalue weighted by molar-refractivity contribution is 7.18. The summed E-state index contributed by atoms with van der Waals surface area (Å²) in [5.74, 6) is 0.920. The van der Waals surface area contributed by atoms with E-state index in [0.29, 0.717) is 35.8 Å². The van der Waals surface area contributed by atoms with Gasteiger partial charge in [-0.1, -0.05) is 26.0 Å². The number of anilines is 1. The molecule has 7 nitrogen and oxygen atoms in total. The molecule has 0 aliphatic rings. The smallest absolute Gasteiger partial charge is 0.263 e. The number of nitrogens with zero attached hydrogens (tertiary/aromatic N) is 3. The number of carbonyl (C=O) groups is 1. The number of nitrogens with one attached hydrogen (secondary N) is 1. The van der Waals surface area contributed by atoms with Crippen LogP contribution in [0.5, 0.6) is 5.75 Å². The summed E-state index contributed by atoms with van der Waals surface area (Å²) in [4.78, 5) is 35.1. The first-order valence-electron chi connectivity index (χ1n) is 10.6. The van der Waals surface area contributed by atoms with Gasteiger partial charge in [-0.2, -0.15) is 0 Å². The molecule has 0 aliphatic heterocycles. The molecule has 0 fully saturated rings. The molecule has 1 aromatic carbocycles. The number of para-hydroxylation sites is 2. The molecule has 0 saturated heterocycles. The van der Waals surface area contributed by atoms with Gasteiger partial charge in [0.05, 0.1) is 24.2 Å². The van der Waals surface area contributed by atoms with Crippen molar-refractivity contribution in [3.63, 3.8) is 0 Å². The SMILES string of the molecule is CCOc1ccccc1NC(=O)Cn1c(CN(CC)CC)nc2sc(C)c(C)c2c1=O. The first-order valence-corrected chi connectivity index (χ1v) is 11.4. The largest absolute Gasteiger partial charge is 0.492 e. The number of benzene rings is 1. The van der Waals surface area contributed by atoms with Gasteiger partial charge in [0.1, 0.15) is 22.9 Å². The molecule has 0 saturated carbocycles. The predicted molar refractivity (Wildman–Crippen MR) is 126 cm³/mol. The van der Waals surface area contributed by atoms with Crippen molar-refractivity contribution in [1.82, 2.24) is 14.5 Å². The number of carbonyl (C=O) groups excluding carboxylic acids is 1. The first-order chi connectivity index (χ1) is 14.9. The Labute approximate surface area is 186 Å². The number of amides is 1. The van der Waals surface area contributed by atoms with E-state index in [4.69, 9.17) is 9.72 Å². The summed E-state index contributed by atoms with van der Waals surface area (Å²) in [5, 5.41) is 3.49. The van der Waals surface area contributed by atoms with Crippen LogP contribution in [0.2, 0.25) is 0 Å². The normalized spacial score (nSPS) is 11.3. The molecule has 0 spiro atoms. The molecular formula is C23H30N4O3S. The van der Waals surface area contributed by atoms with Crippen LogP contribution < -0.4 is 15.6 Å². The third-order valence-electron chi connectivity index (χ3n) is 5.39. The van der Waals surface area contributed by atoms with Crippen LogP contribution >= 0.6 is 11.3 Å². The predicted octanol–water partition coefficient (Wildman–Crippen LogP) is 3.95. The van der Waals surface area contributed by atoms with Gasteiger partial charge in [0.2, 0.25) is 5.91 Å². The summed E-state index contributed by atoms with van der Waals surface area (Å²) in [5.41, 5.74) is 1.36. The van der Waals surface area contributed by atoms with E-state index in [-0.39, 0.29) is 18.0 Å². The van der Waals surface area contributed by atoms with E-state index in [1.807, 2.05) is 39.0 Å². The van der Waals surface area contributed by atoms with Gasteiger partial charge in [-0.15, -0.1) is 11.3 Å². The van der Waals surface area contributed by atoms with Gasteiger partial charge in [-0.25, -0.2) is 4.98 Å². The quantitative estimate of drug-likeness (QED) is 0.543. The molecule has 0 radical (unpaired) electrons. The lowest BCUT2D eigenvalue weighted by atomic mass is 10.2. The highest BCUT2D eigenvalue weighted by Gasteiger charge is 2.20. The Morgan fingerprint density at radius 2 is 1.90 bits per heavy atom. The summed E-state index contributed by atoms with van der Waals surface area (Å²) in [6.45, 7) is 12.5. The highest BCUT2D eigenvalue weighted by atomic mass is 32.1. The standard InChI is InChI=1S/C23H30N4O3S/c1-6-26(7-2)13-19-25-22-21(15(4)16(5)31-22)23(29)27(19)14-20(28)24-17-11-9-10-12-18(17)30-8-3/h9-12H,6-8,13-14H2,1-5H3,(H,24,28). The van der Waals surface area contributed by atoms with Crippen molar-refractivity contribution in [3.8, 4) is 5.75 Å². The van der Waals surface area contributed by atoms with Crippen LogP contribution in [0.25, 0.3) is 10.2 Å². The lowest BCUT2D eigenvalue weighted by molar-refractivity contribution is -0.116. The van der Waals surface area contributed by atoms with E-state index in [2.05, 4.69) is 24.1 Å². The highest BCUT2D eigenvalue weighted by Crippen LogP contribution is 2.27. The number of rotatable bonds is 9. The monoisotopic (exact) mass is 442 g/mol. The molecule has 166 valence electrons. The molecule has 8 heteroatoms. The Morgan fingerprint density at radius 1 is 1.19 bits per heavy atom. The molecule has 2 aromatic heterocycles. The topological polar surface area (TPSA) is 76.5 Å². The number of hydrogen-bond donors (Lipinski definition) is 1. The van der Waals surface area contributed by atoms with Crippen LogP contribution in [0.15, 0.2) is 29.1 Å². The van der Waals surface area contributed by atoms with Crippen molar-refractivity contribution in [3.05, 3.63) is 50.9 Å². The molecule has 3 rings (SSSR count). The van der Waals surface area contributed by atoms with E-state index < -0.39 is 0 Å². The number of hydrogen-bond acceptors (Lipinski definition) is 6. The number of thiophene rings is 1. The molecule has 0 atom stereocenters. The zero-order valence-electron chi connectivity index (χ0n) is 18.8. The fraction of sp³-hybridized carbons (Fsp3) is 0.435. The fourth-order valence-corrected chi connectivity index (χ4v) is 4.52. The zero-order valence-corrected chi connectivity index (χ0v) is 19.6. The van der Waals surface area contributed by atoms with Crippen molar-refractivity contribution >= 4 is 33.1 Å². The van der Waals surface area contributed by atoms with Gasteiger partial charge in [0, 0.05) is 4.88 Å². The third kappa shape index (κ3) is 4.97. The average Bonchev–Trinajstić information content (AvgIpc) is 3.04. The van der Waals surface area contributed by atoms with Crippen molar-refractivity contribution in [2.45, 2.75) is 47.7 Å². The van der Waals surface area contributed by atoms with Crippen LogP contribution in [-0.4, -0.2) is 40.1 Å². The summed E-state index contributed by atoms with van der Waals surface area (Å²) >= 11 is 1.53. The van der Waals surface area contributed by atoms with Crippen LogP contribution in [0, 0.1) is 13.8 Å². The summed E-state index contributed by atoms with van der Waals surface area (Å²) < 4.78 is 7.10. The van der Waals surface area contributed by atoms with Gasteiger partial charge >= 0.3 is 0 Å². The van der Waals surface area contributed by atoms with Crippen LogP contribution in [-0.2, 0) is 17.9 Å². The van der Waals surface area contributed by atoms with Crippen molar-refractivity contribution in [2.24, 2.45) is 0 Å². The molecule has 31 heavy (non-hydrogen) atoms. The maximum absolute atomic E-state index is 13.4. The van der Waals surface area contributed by atoms with Crippen LogP contribution in [0.1, 0.15) is 37.0 Å². The molecule has 1 amide bonds.